The van der Waals surface area contributed by atoms with Gasteiger partial charge in [0.2, 0.25) is 0 Å². The van der Waals surface area contributed by atoms with E-state index >= 15 is 0 Å². The molecular formula is C14H16N2O2. The molecule has 0 aliphatic carbocycles. The summed E-state index contributed by atoms with van der Waals surface area (Å²) in [4.78, 5) is 16.3. The molecular weight excluding hydrogens is 228 g/mol. The van der Waals surface area contributed by atoms with Gasteiger partial charge in [0.1, 0.15) is 5.75 Å². The number of ketones is 1. The van der Waals surface area contributed by atoms with Crippen LogP contribution in [0.4, 0.5) is 0 Å². The highest BCUT2D eigenvalue weighted by Gasteiger charge is 2.09. The first kappa shape index (κ1) is 12.4. The van der Waals surface area contributed by atoms with Crippen molar-refractivity contribution in [1.29, 1.82) is 0 Å². The molecule has 0 bridgehead atoms. The van der Waals surface area contributed by atoms with Crippen molar-refractivity contribution >= 4 is 5.78 Å². The van der Waals surface area contributed by atoms with Crippen molar-refractivity contribution in [1.82, 2.24) is 9.55 Å². The fraction of sp³-hybridized carbons (Fsp3) is 0.286. The molecule has 0 aliphatic heterocycles. The van der Waals surface area contributed by atoms with Crippen LogP contribution in [0.5, 0.6) is 5.75 Å². The molecule has 4 nitrogen and oxygen atoms in total. The summed E-state index contributed by atoms with van der Waals surface area (Å²) in [5.74, 6) is 0.819. The number of Topliss-reactive ketones (excluding diaryl/α,β-unsaturated/α-hetero) is 1. The van der Waals surface area contributed by atoms with Crippen LogP contribution in [0.25, 0.3) is 0 Å². The van der Waals surface area contributed by atoms with E-state index in [9.17, 15) is 4.79 Å². The van der Waals surface area contributed by atoms with E-state index in [-0.39, 0.29) is 5.78 Å². The Bertz CT molecular complexity index is 556. The van der Waals surface area contributed by atoms with Gasteiger partial charge in [-0.1, -0.05) is 0 Å². The van der Waals surface area contributed by atoms with Crippen LogP contribution >= 0.6 is 0 Å². The minimum atomic E-state index is 0.0677. The van der Waals surface area contributed by atoms with E-state index in [1.165, 1.54) is 0 Å². The third kappa shape index (κ3) is 2.42. The first-order valence-electron chi connectivity index (χ1n) is 5.77. The molecule has 4 heteroatoms. The van der Waals surface area contributed by atoms with Gasteiger partial charge in [0.25, 0.3) is 0 Å². The summed E-state index contributed by atoms with van der Waals surface area (Å²) < 4.78 is 6.93. The van der Waals surface area contributed by atoms with Gasteiger partial charge in [0.05, 0.1) is 25.7 Å². The number of methoxy groups -OCH3 is 1. The molecule has 0 N–H and O–H groups in total. The summed E-state index contributed by atoms with van der Waals surface area (Å²) in [5, 5.41) is 0. The second kappa shape index (κ2) is 5.04. The summed E-state index contributed by atoms with van der Waals surface area (Å²) in [6.07, 6.45) is 1.70. The van der Waals surface area contributed by atoms with Gasteiger partial charge >= 0.3 is 0 Å². The van der Waals surface area contributed by atoms with Crippen molar-refractivity contribution in [3.8, 4) is 5.75 Å². The zero-order valence-corrected chi connectivity index (χ0v) is 10.8. The van der Waals surface area contributed by atoms with E-state index in [0.717, 1.165) is 17.1 Å². The number of aromatic nitrogens is 2. The van der Waals surface area contributed by atoms with E-state index < -0.39 is 0 Å². The van der Waals surface area contributed by atoms with Gasteiger partial charge in [-0.2, -0.15) is 0 Å². The first-order chi connectivity index (χ1) is 8.61. The standard InChI is InChI=1S/C14H16N2O2/c1-10-11(2)16(9-15-10)8-14(17)12-4-6-13(18-3)7-5-12/h4-7,9H,8H2,1-3H3. The maximum atomic E-state index is 12.1. The number of carbonyl (C=O) groups excluding carboxylic acids is 1. The van der Waals surface area contributed by atoms with Gasteiger partial charge in [0.15, 0.2) is 5.78 Å². The molecule has 0 aliphatic rings. The number of hydrogen-bond acceptors (Lipinski definition) is 3. The number of benzene rings is 1. The number of carbonyl (C=O) groups is 1. The molecule has 2 rings (SSSR count). The Morgan fingerprint density at radius 1 is 1.28 bits per heavy atom. The van der Waals surface area contributed by atoms with Gasteiger partial charge in [-0.05, 0) is 38.1 Å². The lowest BCUT2D eigenvalue weighted by atomic mass is 10.1. The van der Waals surface area contributed by atoms with Gasteiger partial charge < -0.3 is 9.30 Å². The Balaban J connectivity index is 2.14. The minimum Gasteiger partial charge on any atom is -0.497 e. The average Bonchev–Trinajstić information content (AvgIpc) is 2.71. The Morgan fingerprint density at radius 2 is 1.94 bits per heavy atom. The minimum absolute atomic E-state index is 0.0677. The molecule has 0 spiro atoms. The van der Waals surface area contributed by atoms with Crippen molar-refractivity contribution in [2.75, 3.05) is 7.11 Å². The van der Waals surface area contributed by atoms with Crippen molar-refractivity contribution in [3.05, 3.63) is 47.5 Å². The average molecular weight is 244 g/mol. The molecule has 0 atom stereocenters. The van der Waals surface area contributed by atoms with Crippen LogP contribution in [0.15, 0.2) is 30.6 Å². The van der Waals surface area contributed by atoms with Gasteiger partial charge in [0, 0.05) is 11.3 Å². The van der Waals surface area contributed by atoms with Crippen LogP contribution in [0, 0.1) is 13.8 Å². The number of rotatable bonds is 4. The van der Waals surface area contributed by atoms with Crippen molar-refractivity contribution < 1.29 is 9.53 Å². The molecule has 0 amide bonds. The normalized spacial score (nSPS) is 10.4. The first-order valence-corrected chi connectivity index (χ1v) is 5.77. The largest absolute Gasteiger partial charge is 0.497 e. The molecule has 1 aromatic carbocycles. The lowest BCUT2D eigenvalue weighted by Gasteiger charge is -2.06. The van der Waals surface area contributed by atoms with E-state index in [1.807, 2.05) is 18.4 Å². The van der Waals surface area contributed by atoms with Crippen molar-refractivity contribution in [2.45, 2.75) is 20.4 Å². The Kier molecular flexibility index (Phi) is 3.46. The molecule has 0 fully saturated rings. The third-order valence-corrected chi connectivity index (χ3v) is 3.07. The number of hydrogen-bond donors (Lipinski definition) is 0. The number of imidazole rings is 1. The fourth-order valence-electron chi connectivity index (χ4n) is 1.73. The zero-order valence-electron chi connectivity index (χ0n) is 10.8. The number of aryl methyl sites for hydroxylation is 1. The van der Waals surface area contributed by atoms with Gasteiger partial charge in [-0.3, -0.25) is 4.79 Å². The van der Waals surface area contributed by atoms with E-state index in [1.54, 1.807) is 37.7 Å². The van der Waals surface area contributed by atoms with Crippen LogP contribution in [0.1, 0.15) is 21.7 Å². The summed E-state index contributed by atoms with van der Waals surface area (Å²) >= 11 is 0. The predicted molar refractivity (Wildman–Crippen MR) is 69.0 cm³/mol. The monoisotopic (exact) mass is 244 g/mol. The molecule has 0 saturated carbocycles. The molecule has 94 valence electrons. The van der Waals surface area contributed by atoms with Gasteiger partial charge in [-0.15, -0.1) is 0 Å². The summed E-state index contributed by atoms with van der Waals surface area (Å²) in [6.45, 7) is 4.21. The molecule has 1 aromatic heterocycles. The Morgan fingerprint density at radius 3 is 2.44 bits per heavy atom. The molecule has 0 saturated heterocycles. The SMILES string of the molecule is COc1ccc(C(=O)Cn2cnc(C)c2C)cc1. The Labute approximate surface area is 106 Å². The van der Waals surface area contributed by atoms with Crippen LogP contribution in [0.2, 0.25) is 0 Å². The summed E-state index contributed by atoms with van der Waals surface area (Å²) in [5.41, 5.74) is 2.66. The van der Waals surface area contributed by atoms with E-state index in [2.05, 4.69) is 4.98 Å². The smallest absolute Gasteiger partial charge is 0.182 e. The second-order valence-corrected chi connectivity index (χ2v) is 4.19. The lowest BCUT2D eigenvalue weighted by molar-refractivity contribution is 0.0971. The summed E-state index contributed by atoms with van der Waals surface area (Å²) in [7, 11) is 1.61. The Hall–Kier alpha value is -2.10. The highest BCUT2D eigenvalue weighted by atomic mass is 16.5. The molecule has 1 heterocycles. The van der Waals surface area contributed by atoms with Crippen molar-refractivity contribution in [2.24, 2.45) is 0 Å². The second-order valence-electron chi connectivity index (χ2n) is 4.19. The lowest BCUT2D eigenvalue weighted by Crippen LogP contribution is -2.10. The highest BCUT2D eigenvalue weighted by Crippen LogP contribution is 2.13. The van der Waals surface area contributed by atoms with Crippen LogP contribution in [-0.4, -0.2) is 22.4 Å². The third-order valence-electron chi connectivity index (χ3n) is 3.07. The van der Waals surface area contributed by atoms with E-state index in [0.29, 0.717) is 12.1 Å². The van der Waals surface area contributed by atoms with Crippen LogP contribution in [-0.2, 0) is 6.54 Å². The number of nitrogens with zero attached hydrogens (tertiary/aromatic N) is 2. The molecule has 2 aromatic rings. The van der Waals surface area contributed by atoms with Crippen molar-refractivity contribution in [3.63, 3.8) is 0 Å². The maximum absolute atomic E-state index is 12.1. The van der Waals surface area contributed by atoms with Crippen LogP contribution < -0.4 is 4.74 Å². The van der Waals surface area contributed by atoms with Crippen LogP contribution in [0.3, 0.4) is 0 Å². The van der Waals surface area contributed by atoms with E-state index in [4.69, 9.17) is 4.74 Å². The maximum Gasteiger partial charge on any atom is 0.182 e. The summed E-state index contributed by atoms with van der Waals surface area (Å²) in [6, 6.07) is 7.14. The molecule has 0 unspecified atom stereocenters. The highest BCUT2D eigenvalue weighted by molar-refractivity contribution is 5.96. The number of ether oxygens (including phenoxy) is 1. The predicted octanol–water partition coefficient (Wildman–Crippen LogP) is 2.39. The quantitative estimate of drug-likeness (QED) is 0.776. The molecule has 18 heavy (non-hydrogen) atoms. The fourth-order valence-corrected chi connectivity index (χ4v) is 1.73. The zero-order chi connectivity index (χ0) is 13.1. The van der Waals surface area contributed by atoms with Gasteiger partial charge in [-0.25, -0.2) is 4.98 Å². The molecule has 0 radical (unpaired) electrons. The topological polar surface area (TPSA) is 44.1 Å².